The summed E-state index contributed by atoms with van der Waals surface area (Å²) in [4.78, 5) is 3.99. The van der Waals surface area contributed by atoms with Gasteiger partial charge in [-0.25, -0.2) is 4.85 Å². The molecule has 0 saturated heterocycles. The molecule has 0 aliphatic heterocycles. The third-order valence-electron chi connectivity index (χ3n) is 9.60. The fourth-order valence-corrected chi connectivity index (χ4v) is 7.46. The first kappa shape index (κ1) is 28.8. The first-order valence-corrected chi connectivity index (χ1v) is 16.3. The molecule has 0 atom stereocenters. The molecule has 2 heterocycles. The molecule has 0 fully saturated rings. The van der Waals surface area contributed by atoms with Gasteiger partial charge in [-0.3, -0.25) is 0 Å². The van der Waals surface area contributed by atoms with E-state index in [1.54, 1.807) is 6.07 Å². The molecule has 0 aliphatic rings. The molecule has 0 unspecified atom stereocenters. The lowest BCUT2D eigenvalue weighted by molar-refractivity contribution is 1.18. The van der Waals surface area contributed by atoms with Crippen LogP contribution in [-0.2, 0) is 0 Å². The van der Waals surface area contributed by atoms with Crippen LogP contribution in [0.5, 0.6) is 0 Å². The van der Waals surface area contributed by atoms with Crippen molar-refractivity contribution in [2.45, 2.75) is 0 Å². The van der Waals surface area contributed by atoms with E-state index in [1.807, 2.05) is 48.5 Å². The second-order valence-electron chi connectivity index (χ2n) is 12.3. The standard InChI is InChI=1S/C45H25N5/c1-48-39-26-30(28-47)25-37(31-19-21-32(22-20-31)49-40-14-6-4-12-35(40)38-24-29(27-46)18-23-44(38)49)45(39)36-13-5-9-17-43(36)50-41-15-7-2-10-33(41)34-11-3-8-16-42(34)50/h2-26H. The summed E-state index contributed by atoms with van der Waals surface area (Å²) in [7, 11) is 0. The largest absolute Gasteiger partial charge is 0.309 e. The molecule has 0 bridgehead atoms. The highest BCUT2D eigenvalue weighted by atomic mass is 15.0. The number of rotatable bonds is 4. The predicted octanol–water partition coefficient (Wildman–Crippen LogP) is 11.5. The topological polar surface area (TPSA) is 61.8 Å². The van der Waals surface area contributed by atoms with Gasteiger partial charge < -0.3 is 9.13 Å². The molecule has 0 amide bonds. The number of para-hydroxylation sites is 4. The van der Waals surface area contributed by atoms with Crippen LogP contribution < -0.4 is 0 Å². The van der Waals surface area contributed by atoms with Gasteiger partial charge in [0.2, 0.25) is 0 Å². The molecule has 5 nitrogen and oxygen atoms in total. The highest BCUT2D eigenvalue weighted by Gasteiger charge is 2.21. The van der Waals surface area contributed by atoms with E-state index in [-0.39, 0.29) is 0 Å². The number of hydrogen-bond acceptors (Lipinski definition) is 2. The van der Waals surface area contributed by atoms with E-state index in [0.29, 0.717) is 16.8 Å². The maximum atomic E-state index is 10.1. The fourth-order valence-electron chi connectivity index (χ4n) is 7.46. The Balaban J connectivity index is 1.27. The first-order chi connectivity index (χ1) is 24.7. The van der Waals surface area contributed by atoms with Crippen molar-refractivity contribution in [1.29, 1.82) is 10.5 Å². The molecule has 0 radical (unpaired) electrons. The summed E-state index contributed by atoms with van der Waals surface area (Å²) in [6, 6.07) is 55.5. The second kappa shape index (κ2) is 11.4. The monoisotopic (exact) mass is 635 g/mol. The molecule has 7 aromatic carbocycles. The Bertz CT molecular complexity index is 2900. The molecule has 0 aliphatic carbocycles. The summed E-state index contributed by atoms with van der Waals surface area (Å²) in [6.07, 6.45) is 0. The molecule has 0 saturated carbocycles. The van der Waals surface area contributed by atoms with Gasteiger partial charge in [-0.1, -0.05) is 84.9 Å². The van der Waals surface area contributed by atoms with E-state index in [0.717, 1.165) is 77.2 Å². The van der Waals surface area contributed by atoms with Crippen LogP contribution in [0.1, 0.15) is 11.1 Å². The minimum atomic E-state index is 0.423. The minimum Gasteiger partial charge on any atom is -0.309 e. The molecule has 0 N–H and O–H groups in total. The van der Waals surface area contributed by atoms with Gasteiger partial charge in [-0.15, -0.1) is 0 Å². The summed E-state index contributed by atoms with van der Waals surface area (Å²) in [5, 5.41) is 24.1. The normalized spacial score (nSPS) is 11.1. The lowest BCUT2D eigenvalue weighted by Crippen LogP contribution is -1.99. The Morgan fingerprint density at radius 2 is 1.04 bits per heavy atom. The van der Waals surface area contributed by atoms with Gasteiger partial charge in [-0.2, -0.15) is 10.5 Å². The predicted molar refractivity (Wildman–Crippen MR) is 202 cm³/mol. The summed E-state index contributed by atoms with van der Waals surface area (Å²) in [5.74, 6) is 0. The van der Waals surface area contributed by atoms with Gasteiger partial charge in [-0.05, 0) is 89.0 Å². The Morgan fingerprint density at radius 1 is 0.480 bits per heavy atom. The van der Waals surface area contributed by atoms with Gasteiger partial charge in [0.15, 0.2) is 5.69 Å². The average molecular weight is 636 g/mol. The maximum Gasteiger partial charge on any atom is 0.196 e. The molecule has 2 aromatic heterocycles. The van der Waals surface area contributed by atoms with Crippen LogP contribution in [0.15, 0.2) is 152 Å². The van der Waals surface area contributed by atoms with Crippen molar-refractivity contribution in [2.24, 2.45) is 0 Å². The third kappa shape index (κ3) is 4.31. The van der Waals surface area contributed by atoms with Crippen molar-refractivity contribution in [3.05, 3.63) is 174 Å². The summed E-state index contributed by atoms with van der Waals surface area (Å²) in [6.45, 7) is 8.27. The Kier molecular flexibility index (Phi) is 6.56. The van der Waals surface area contributed by atoms with Crippen LogP contribution in [0.25, 0.3) is 82.1 Å². The molecule has 5 heteroatoms. The quantitative estimate of drug-likeness (QED) is 0.181. The van der Waals surface area contributed by atoms with E-state index < -0.39 is 0 Å². The van der Waals surface area contributed by atoms with Crippen molar-refractivity contribution < 1.29 is 0 Å². The summed E-state index contributed by atoms with van der Waals surface area (Å²) < 4.78 is 4.49. The van der Waals surface area contributed by atoms with E-state index >= 15 is 0 Å². The van der Waals surface area contributed by atoms with Crippen LogP contribution in [0.2, 0.25) is 0 Å². The molecule has 50 heavy (non-hydrogen) atoms. The van der Waals surface area contributed by atoms with E-state index in [4.69, 9.17) is 6.57 Å². The van der Waals surface area contributed by atoms with Gasteiger partial charge >= 0.3 is 0 Å². The zero-order valence-electron chi connectivity index (χ0n) is 26.7. The van der Waals surface area contributed by atoms with E-state index in [9.17, 15) is 10.5 Å². The van der Waals surface area contributed by atoms with Gasteiger partial charge in [0.25, 0.3) is 0 Å². The third-order valence-corrected chi connectivity index (χ3v) is 9.60. The minimum absolute atomic E-state index is 0.423. The number of fused-ring (bicyclic) bond motifs is 6. The van der Waals surface area contributed by atoms with Crippen molar-refractivity contribution in [2.75, 3.05) is 0 Å². The molecule has 0 spiro atoms. The lowest BCUT2D eigenvalue weighted by atomic mass is 9.90. The van der Waals surface area contributed by atoms with E-state index in [2.05, 4.69) is 123 Å². The average Bonchev–Trinajstić information content (AvgIpc) is 3.70. The van der Waals surface area contributed by atoms with Crippen molar-refractivity contribution in [3.63, 3.8) is 0 Å². The summed E-state index contributed by atoms with van der Waals surface area (Å²) in [5.41, 5.74) is 11.0. The van der Waals surface area contributed by atoms with Crippen molar-refractivity contribution in [3.8, 4) is 45.8 Å². The fraction of sp³-hybridized carbons (Fsp3) is 0. The first-order valence-electron chi connectivity index (χ1n) is 16.3. The van der Waals surface area contributed by atoms with Gasteiger partial charge in [0.1, 0.15) is 0 Å². The molecular formula is C45H25N5. The van der Waals surface area contributed by atoms with Crippen molar-refractivity contribution in [1.82, 2.24) is 9.13 Å². The Labute approximate surface area is 288 Å². The van der Waals surface area contributed by atoms with E-state index in [1.165, 1.54) is 0 Å². The SMILES string of the molecule is [C-]#[N+]c1cc(C#N)cc(-c2ccc(-n3c4ccccc4c4cc(C#N)ccc43)cc2)c1-c1ccccc1-n1c2ccccc2c2ccccc21. The number of benzene rings is 7. The number of nitriles is 2. The molecular weight excluding hydrogens is 611 g/mol. The smallest absolute Gasteiger partial charge is 0.196 e. The maximum absolute atomic E-state index is 10.1. The van der Waals surface area contributed by atoms with Crippen molar-refractivity contribution >= 4 is 49.3 Å². The Hall–Kier alpha value is -7.39. The van der Waals surface area contributed by atoms with Crippen LogP contribution in [0, 0.1) is 29.2 Å². The zero-order valence-corrected chi connectivity index (χ0v) is 26.7. The number of hydrogen-bond donors (Lipinski definition) is 0. The molecule has 9 rings (SSSR count). The highest BCUT2D eigenvalue weighted by molar-refractivity contribution is 6.11. The molecule has 9 aromatic rings. The second-order valence-corrected chi connectivity index (χ2v) is 12.3. The number of nitrogens with zero attached hydrogens (tertiary/aromatic N) is 5. The lowest BCUT2D eigenvalue weighted by Gasteiger charge is -2.19. The molecule has 230 valence electrons. The Morgan fingerprint density at radius 3 is 1.68 bits per heavy atom. The van der Waals surface area contributed by atoms with Crippen LogP contribution >= 0.6 is 0 Å². The summed E-state index contributed by atoms with van der Waals surface area (Å²) >= 11 is 0. The highest BCUT2D eigenvalue weighted by Crippen LogP contribution is 2.45. The van der Waals surface area contributed by atoms with Crippen LogP contribution in [0.4, 0.5) is 5.69 Å². The number of aromatic nitrogens is 2. The van der Waals surface area contributed by atoms with Gasteiger partial charge in [0.05, 0.1) is 52.0 Å². The van der Waals surface area contributed by atoms with Crippen LogP contribution in [-0.4, -0.2) is 9.13 Å². The van der Waals surface area contributed by atoms with Crippen LogP contribution in [0.3, 0.4) is 0 Å². The van der Waals surface area contributed by atoms with Gasteiger partial charge in [0, 0.05) is 32.8 Å². The zero-order chi connectivity index (χ0) is 33.8.